The average molecular weight is 343 g/mol. The van der Waals surface area contributed by atoms with E-state index in [4.69, 9.17) is 4.74 Å². The zero-order valence-corrected chi connectivity index (χ0v) is 13.2. The number of carbonyl (C=O) groups excluding carboxylic acids is 2. The number of hydrogen-bond donors (Lipinski definition) is 1. The maximum Gasteiger partial charge on any atom is 0.408 e. The number of carboxylic acid groups (broad SMARTS) is 1. The van der Waals surface area contributed by atoms with Crippen molar-refractivity contribution in [2.45, 2.75) is 38.8 Å². The molecule has 1 atom stereocenters. The first kappa shape index (κ1) is 16.5. The van der Waals surface area contributed by atoms with E-state index in [1.165, 1.54) is 0 Å². The number of carboxylic acids is 1. The number of rotatable bonds is 4. The number of alkyl carbamates (subject to hydrolysis) is 1. The molecule has 0 spiro atoms. The van der Waals surface area contributed by atoms with Crippen LogP contribution in [0.25, 0.3) is 0 Å². The van der Waals surface area contributed by atoms with Gasteiger partial charge in [0.2, 0.25) is 0 Å². The summed E-state index contributed by atoms with van der Waals surface area (Å²) in [5.74, 6) is -1.35. The zero-order chi connectivity index (χ0) is 15.3. The second-order valence-corrected chi connectivity index (χ2v) is 6.26. The summed E-state index contributed by atoms with van der Waals surface area (Å²) in [7, 11) is 0. The van der Waals surface area contributed by atoms with Crippen LogP contribution >= 0.6 is 15.9 Å². The van der Waals surface area contributed by atoms with Gasteiger partial charge in [0, 0.05) is 4.47 Å². The largest absolute Gasteiger partial charge is 0.548 e. The molecule has 0 aliphatic rings. The van der Waals surface area contributed by atoms with Gasteiger partial charge in [-0.2, -0.15) is 0 Å². The van der Waals surface area contributed by atoms with Gasteiger partial charge in [-0.3, -0.25) is 0 Å². The van der Waals surface area contributed by atoms with Crippen molar-refractivity contribution in [1.29, 1.82) is 0 Å². The SMILES string of the molecule is CC(C)(C)OC(=O)N[C@@H](Cc1ccc(Br)cc1)C(=O)[O-]. The van der Waals surface area contributed by atoms with Gasteiger partial charge in [-0.25, -0.2) is 4.79 Å². The minimum atomic E-state index is -1.35. The van der Waals surface area contributed by atoms with Crippen LogP contribution in [0.4, 0.5) is 4.79 Å². The number of carbonyl (C=O) groups is 2. The lowest BCUT2D eigenvalue weighted by molar-refractivity contribution is -0.308. The van der Waals surface area contributed by atoms with E-state index in [1.807, 2.05) is 0 Å². The van der Waals surface area contributed by atoms with Gasteiger partial charge in [0.1, 0.15) is 5.60 Å². The first-order chi connectivity index (χ1) is 9.17. The Morgan fingerprint density at radius 3 is 2.30 bits per heavy atom. The van der Waals surface area contributed by atoms with Gasteiger partial charge < -0.3 is 20.0 Å². The summed E-state index contributed by atoms with van der Waals surface area (Å²) in [6.07, 6.45) is -0.640. The molecule has 0 aliphatic heterocycles. The normalized spacial score (nSPS) is 12.6. The third-order valence-electron chi connectivity index (χ3n) is 2.33. The lowest BCUT2D eigenvalue weighted by Crippen LogP contribution is -2.50. The number of benzene rings is 1. The summed E-state index contributed by atoms with van der Waals surface area (Å²) in [6.45, 7) is 5.11. The van der Waals surface area contributed by atoms with Gasteiger partial charge in [0.25, 0.3) is 0 Å². The fraction of sp³-hybridized carbons (Fsp3) is 0.429. The molecule has 1 aromatic carbocycles. The highest BCUT2D eigenvalue weighted by Gasteiger charge is 2.20. The summed E-state index contributed by atoms with van der Waals surface area (Å²) >= 11 is 3.30. The maximum absolute atomic E-state index is 11.6. The molecule has 110 valence electrons. The fourth-order valence-corrected chi connectivity index (χ4v) is 1.76. The molecular weight excluding hydrogens is 326 g/mol. The molecule has 0 aromatic heterocycles. The molecule has 0 bridgehead atoms. The maximum atomic E-state index is 11.6. The highest BCUT2D eigenvalue weighted by Crippen LogP contribution is 2.12. The second kappa shape index (κ2) is 6.74. The minimum absolute atomic E-state index is 0.134. The van der Waals surface area contributed by atoms with Crippen molar-refractivity contribution in [2.24, 2.45) is 0 Å². The van der Waals surface area contributed by atoms with E-state index in [9.17, 15) is 14.7 Å². The summed E-state index contributed by atoms with van der Waals surface area (Å²) in [6, 6.07) is 6.02. The van der Waals surface area contributed by atoms with Crippen LogP contribution in [0.15, 0.2) is 28.7 Å². The molecule has 1 amide bonds. The number of halogens is 1. The highest BCUT2D eigenvalue weighted by molar-refractivity contribution is 9.10. The van der Waals surface area contributed by atoms with Crippen molar-refractivity contribution in [3.05, 3.63) is 34.3 Å². The van der Waals surface area contributed by atoms with E-state index in [1.54, 1.807) is 45.0 Å². The van der Waals surface area contributed by atoms with Crippen molar-refractivity contribution < 1.29 is 19.4 Å². The van der Waals surface area contributed by atoms with Gasteiger partial charge >= 0.3 is 6.09 Å². The standard InChI is InChI=1S/C14H18BrNO4/c1-14(2,3)20-13(19)16-11(12(17)18)8-9-4-6-10(15)7-5-9/h4-7,11H,8H2,1-3H3,(H,16,19)(H,17,18)/p-1/t11-/m0/s1. The van der Waals surface area contributed by atoms with Gasteiger partial charge in [0.15, 0.2) is 0 Å². The van der Waals surface area contributed by atoms with Crippen LogP contribution in [0.3, 0.4) is 0 Å². The van der Waals surface area contributed by atoms with Crippen molar-refractivity contribution in [3.63, 3.8) is 0 Å². The molecule has 0 heterocycles. The number of ether oxygens (including phenoxy) is 1. The highest BCUT2D eigenvalue weighted by atomic mass is 79.9. The Kier molecular flexibility index (Phi) is 5.56. The molecule has 1 rings (SSSR count). The van der Waals surface area contributed by atoms with Crippen LogP contribution in [0.2, 0.25) is 0 Å². The lowest BCUT2D eigenvalue weighted by Gasteiger charge is -2.24. The Morgan fingerprint density at radius 1 is 1.30 bits per heavy atom. The van der Waals surface area contributed by atoms with Crippen molar-refractivity contribution >= 4 is 28.0 Å². The minimum Gasteiger partial charge on any atom is -0.548 e. The molecule has 1 N–H and O–H groups in total. The summed E-state index contributed by atoms with van der Waals surface area (Å²) < 4.78 is 5.92. The summed E-state index contributed by atoms with van der Waals surface area (Å²) in [4.78, 5) is 22.7. The van der Waals surface area contributed by atoms with E-state index < -0.39 is 23.7 Å². The van der Waals surface area contributed by atoms with Crippen LogP contribution in [0, 0.1) is 0 Å². The lowest BCUT2D eigenvalue weighted by atomic mass is 10.1. The first-order valence-corrected chi connectivity index (χ1v) is 6.91. The number of hydrogen-bond acceptors (Lipinski definition) is 4. The van der Waals surface area contributed by atoms with Crippen LogP contribution < -0.4 is 10.4 Å². The molecule has 0 fully saturated rings. The van der Waals surface area contributed by atoms with Gasteiger partial charge in [0.05, 0.1) is 12.0 Å². The second-order valence-electron chi connectivity index (χ2n) is 5.35. The van der Waals surface area contributed by atoms with Gasteiger partial charge in [-0.15, -0.1) is 0 Å². The molecule has 0 aliphatic carbocycles. The summed E-state index contributed by atoms with van der Waals surface area (Å²) in [5.41, 5.74) is 0.0940. The Hall–Kier alpha value is -1.56. The Labute approximate surface area is 126 Å². The van der Waals surface area contributed by atoms with Crippen LogP contribution in [-0.4, -0.2) is 23.7 Å². The molecule has 20 heavy (non-hydrogen) atoms. The Morgan fingerprint density at radius 2 is 1.85 bits per heavy atom. The van der Waals surface area contributed by atoms with Crippen LogP contribution in [-0.2, 0) is 16.0 Å². The number of nitrogens with one attached hydrogen (secondary N) is 1. The third-order valence-corrected chi connectivity index (χ3v) is 2.86. The van der Waals surface area contributed by atoms with Crippen molar-refractivity contribution in [2.75, 3.05) is 0 Å². The molecule has 1 aromatic rings. The molecule has 5 nitrogen and oxygen atoms in total. The predicted molar refractivity (Wildman–Crippen MR) is 76.0 cm³/mol. The smallest absolute Gasteiger partial charge is 0.408 e. The molecule has 0 unspecified atom stereocenters. The molecular formula is C14H17BrNO4-. The monoisotopic (exact) mass is 342 g/mol. The third kappa shape index (κ3) is 6.06. The predicted octanol–water partition coefficient (Wildman–Crippen LogP) is 1.63. The Bertz CT molecular complexity index is 479. The van der Waals surface area contributed by atoms with Crippen molar-refractivity contribution in [1.82, 2.24) is 5.32 Å². The molecule has 0 radical (unpaired) electrons. The van der Waals surface area contributed by atoms with Gasteiger partial charge in [-0.1, -0.05) is 28.1 Å². The molecule has 6 heteroatoms. The van der Waals surface area contributed by atoms with Gasteiger partial charge in [-0.05, 0) is 44.9 Å². The van der Waals surface area contributed by atoms with E-state index in [0.717, 1.165) is 10.0 Å². The fourth-order valence-electron chi connectivity index (χ4n) is 1.50. The molecule has 0 saturated heterocycles. The quantitative estimate of drug-likeness (QED) is 0.901. The van der Waals surface area contributed by atoms with E-state index in [0.29, 0.717) is 0 Å². The van der Waals surface area contributed by atoms with E-state index in [-0.39, 0.29) is 6.42 Å². The zero-order valence-electron chi connectivity index (χ0n) is 11.6. The van der Waals surface area contributed by atoms with Crippen LogP contribution in [0.1, 0.15) is 26.3 Å². The van der Waals surface area contributed by atoms with Crippen LogP contribution in [0.5, 0.6) is 0 Å². The van der Waals surface area contributed by atoms with Crippen molar-refractivity contribution in [3.8, 4) is 0 Å². The average Bonchev–Trinajstić information content (AvgIpc) is 2.28. The Balaban J connectivity index is 2.68. The van der Waals surface area contributed by atoms with E-state index >= 15 is 0 Å². The summed E-state index contributed by atoms with van der Waals surface area (Å²) in [5, 5.41) is 13.4. The number of amides is 1. The van der Waals surface area contributed by atoms with E-state index in [2.05, 4.69) is 21.2 Å². The first-order valence-electron chi connectivity index (χ1n) is 6.12. The number of aliphatic carboxylic acids is 1. The topological polar surface area (TPSA) is 78.5 Å². The molecule has 0 saturated carbocycles.